The third-order valence-electron chi connectivity index (χ3n) is 2.80. The van der Waals surface area contributed by atoms with Crippen molar-refractivity contribution in [1.29, 1.82) is 0 Å². The van der Waals surface area contributed by atoms with E-state index < -0.39 is 0 Å². The van der Waals surface area contributed by atoms with E-state index in [1.165, 1.54) is 19.3 Å². The van der Waals surface area contributed by atoms with Crippen molar-refractivity contribution in [3.63, 3.8) is 0 Å². The molecule has 1 heterocycles. The fraction of sp³-hybridized carbons (Fsp3) is 0.600. The molecule has 2 rings (SSSR count). The summed E-state index contributed by atoms with van der Waals surface area (Å²) >= 11 is 0. The normalized spacial score (nSPS) is 19.5. The molecule has 1 aliphatic rings. The van der Waals surface area contributed by atoms with Crippen LogP contribution in [-0.4, -0.2) is 9.97 Å². The molecule has 0 radical (unpaired) electrons. The molecule has 1 unspecified atom stereocenters. The van der Waals surface area contributed by atoms with Crippen molar-refractivity contribution in [1.82, 2.24) is 9.97 Å². The van der Waals surface area contributed by atoms with Gasteiger partial charge in [-0.2, -0.15) is 0 Å². The standard InChI is InChI=1S/C10H15N3/c11-9(6-8-2-1-3-8)10-4-5-12-7-13-10/h4-5,7-9H,1-3,6,11H2. The Labute approximate surface area is 78.4 Å². The van der Waals surface area contributed by atoms with Crippen molar-refractivity contribution in [2.75, 3.05) is 0 Å². The third-order valence-corrected chi connectivity index (χ3v) is 2.80. The van der Waals surface area contributed by atoms with Gasteiger partial charge in [0.05, 0.1) is 5.69 Å². The molecule has 0 aromatic carbocycles. The van der Waals surface area contributed by atoms with Crippen molar-refractivity contribution in [3.8, 4) is 0 Å². The van der Waals surface area contributed by atoms with Crippen molar-refractivity contribution < 1.29 is 0 Å². The van der Waals surface area contributed by atoms with Crippen molar-refractivity contribution >= 4 is 0 Å². The van der Waals surface area contributed by atoms with Crippen LogP contribution in [0.1, 0.15) is 37.4 Å². The predicted octanol–water partition coefficient (Wildman–Crippen LogP) is 1.67. The van der Waals surface area contributed by atoms with Gasteiger partial charge in [-0.1, -0.05) is 19.3 Å². The van der Waals surface area contributed by atoms with E-state index in [1.54, 1.807) is 12.5 Å². The van der Waals surface area contributed by atoms with Gasteiger partial charge in [0, 0.05) is 12.2 Å². The molecule has 1 aromatic rings. The van der Waals surface area contributed by atoms with Crippen molar-refractivity contribution in [2.24, 2.45) is 11.7 Å². The Morgan fingerprint density at radius 1 is 1.54 bits per heavy atom. The van der Waals surface area contributed by atoms with E-state index in [0.717, 1.165) is 18.0 Å². The van der Waals surface area contributed by atoms with Gasteiger partial charge in [0.1, 0.15) is 6.33 Å². The number of nitrogens with two attached hydrogens (primary N) is 1. The minimum Gasteiger partial charge on any atom is -0.323 e. The zero-order chi connectivity index (χ0) is 9.10. The number of hydrogen-bond donors (Lipinski definition) is 1. The summed E-state index contributed by atoms with van der Waals surface area (Å²) in [6, 6.07) is 2.01. The molecule has 0 spiro atoms. The Morgan fingerprint density at radius 3 is 2.92 bits per heavy atom. The first kappa shape index (κ1) is 8.63. The zero-order valence-corrected chi connectivity index (χ0v) is 7.69. The monoisotopic (exact) mass is 177 g/mol. The maximum Gasteiger partial charge on any atom is 0.115 e. The molecule has 3 nitrogen and oxygen atoms in total. The number of hydrogen-bond acceptors (Lipinski definition) is 3. The molecule has 0 saturated heterocycles. The summed E-state index contributed by atoms with van der Waals surface area (Å²) in [7, 11) is 0. The number of rotatable bonds is 3. The minimum atomic E-state index is 0.105. The van der Waals surface area contributed by atoms with Gasteiger partial charge in [0.2, 0.25) is 0 Å². The van der Waals surface area contributed by atoms with Crippen LogP contribution in [0.15, 0.2) is 18.6 Å². The number of nitrogens with zero attached hydrogens (tertiary/aromatic N) is 2. The van der Waals surface area contributed by atoms with Crippen LogP contribution in [0.2, 0.25) is 0 Å². The highest BCUT2D eigenvalue weighted by molar-refractivity contribution is 5.04. The molecule has 0 aliphatic heterocycles. The first-order valence-corrected chi connectivity index (χ1v) is 4.88. The lowest BCUT2D eigenvalue weighted by Gasteiger charge is -2.27. The van der Waals surface area contributed by atoms with E-state index >= 15 is 0 Å². The molecule has 70 valence electrons. The molecule has 0 amide bonds. The van der Waals surface area contributed by atoms with Crippen LogP contribution in [0.25, 0.3) is 0 Å². The predicted molar refractivity (Wildman–Crippen MR) is 50.9 cm³/mol. The van der Waals surface area contributed by atoms with E-state index in [9.17, 15) is 0 Å². The minimum absolute atomic E-state index is 0.105. The zero-order valence-electron chi connectivity index (χ0n) is 7.69. The molecule has 2 N–H and O–H groups in total. The van der Waals surface area contributed by atoms with Gasteiger partial charge in [0.25, 0.3) is 0 Å². The molecule has 13 heavy (non-hydrogen) atoms. The van der Waals surface area contributed by atoms with Gasteiger partial charge in [-0.15, -0.1) is 0 Å². The summed E-state index contributed by atoms with van der Waals surface area (Å²) in [5.41, 5.74) is 6.99. The Morgan fingerprint density at radius 2 is 2.38 bits per heavy atom. The summed E-state index contributed by atoms with van der Waals surface area (Å²) in [5.74, 6) is 0.838. The Hall–Kier alpha value is -0.960. The third kappa shape index (κ3) is 2.04. The van der Waals surface area contributed by atoms with E-state index in [2.05, 4.69) is 9.97 Å². The average Bonchev–Trinajstić information content (AvgIpc) is 2.12. The summed E-state index contributed by atoms with van der Waals surface area (Å²) in [6.45, 7) is 0. The molecular formula is C10H15N3. The largest absolute Gasteiger partial charge is 0.323 e. The Balaban J connectivity index is 1.92. The summed E-state index contributed by atoms with van der Waals surface area (Å²) < 4.78 is 0. The van der Waals surface area contributed by atoms with Crippen LogP contribution < -0.4 is 5.73 Å². The lowest BCUT2D eigenvalue weighted by Crippen LogP contribution is -2.20. The molecule has 0 bridgehead atoms. The van der Waals surface area contributed by atoms with E-state index in [1.807, 2.05) is 6.07 Å². The molecule has 1 atom stereocenters. The Kier molecular flexibility index (Phi) is 2.54. The lowest BCUT2D eigenvalue weighted by molar-refractivity contribution is 0.276. The fourth-order valence-electron chi connectivity index (χ4n) is 1.73. The highest BCUT2D eigenvalue weighted by Crippen LogP contribution is 2.33. The first-order valence-electron chi connectivity index (χ1n) is 4.88. The maximum atomic E-state index is 6.02. The Bertz CT molecular complexity index is 256. The van der Waals surface area contributed by atoms with Gasteiger partial charge >= 0.3 is 0 Å². The van der Waals surface area contributed by atoms with E-state index in [0.29, 0.717) is 0 Å². The van der Waals surface area contributed by atoms with Gasteiger partial charge in [0.15, 0.2) is 0 Å². The van der Waals surface area contributed by atoms with Gasteiger partial charge in [-0.05, 0) is 18.4 Å². The van der Waals surface area contributed by atoms with Crippen molar-refractivity contribution in [3.05, 3.63) is 24.3 Å². The SMILES string of the molecule is NC(CC1CCC1)c1ccncn1. The van der Waals surface area contributed by atoms with Gasteiger partial charge < -0.3 is 5.73 Å². The topological polar surface area (TPSA) is 51.8 Å². The maximum absolute atomic E-state index is 6.02. The van der Waals surface area contributed by atoms with Crippen LogP contribution in [0, 0.1) is 5.92 Å². The van der Waals surface area contributed by atoms with Crippen LogP contribution in [0.5, 0.6) is 0 Å². The molecule has 1 fully saturated rings. The second-order valence-electron chi connectivity index (χ2n) is 3.77. The van der Waals surface area contributed by atoms with E-state index in [4.69, 9.17) is 5.73 Å². The van der Waals surface area contributed by atoms with Crippen LogP contribution in [0.4, 0.5) is 0 Å². The van der Waals surface area contributed by atoms with Crippen LogP contribution >= 0.6 is 0 Å². The molecule has 3 heteroatoms. The van der Waals surface area contributed by atoms with Crippen LogP contribution in [-0.2, 0) is 0 Å². The summed E-state index contributed by atoms with van der Waals surface area (Å²) in [4.78, 5) is 8.03. The number of aromatic nitrogens is 2. The van der Waals surface area contributed by atoms with Gasteiger partial charge in [-0.3, -0.25) is 0 Å². The summed E-state index contributed by atoms with van der Waals surface area (Å²) in [6.07, 6.45) is 8.47. The van der Waals surface area contributed by atoms with E-state index in [-0.39, 0.29) is 6.04 Å². The lowest BCUT2D eigenvalue weighted by atomic mass is 9.80. The first-order chi connectivity index (χ1) is 6.36. The molecule has 1 aliphatic carbocycles. The average molecular weight is 177 g/mol. The molecule has 1 saturated carbocycles. The smallest absolute Gasteiger partial charge is 0.115 e. The van der Waals surface area contributed by atoms with Crippen molar-refractivity contribution in [2.45, 2.75) is 31.7 Å². The van der Waals surface area contributed by atoms with Gasteiger partial charge in [-0.25, -0.2) is 9.97 Å². The molecule has 1 aromatic heterocycles. The molecular weight excluding hydrogens is 162 g/mol. The quantitative estimate of drug-likeness (QED) is 0.764. The highest BCUT2D eigenvalue weighted by atomic mass is 14.8. The second kappa shape index (κ2) is 3.83. The highest BCUT2D eigenvalue weighted by Gasteiger charge is 2.21. The second-order valence-corrected chi connectivity index (χ2v) is 3.77. The summed E-state index contributed by atoms with van der Waals surface area (Å²) in [5, 5.41) is 0. The fourth-order valence-corrected chi connectivity index (χ4v) is 1.73. The van der Waals surface area contributed by atoms with Crippen LogP contribution in [0.3, 0.4) is 0 Å².